The summed E-state index contributed by atoms with van der Waals surface area (Å²) in [6, 6.07) is 15.8. The molecule has 3 nitrogen and oxygen atoms in total. The molecule has 2 aromatic carbocycles. The quantitative estimate of drug-likeness (QED) is 0.890. The maximum Gasteiger partial charge on any atom is 0.122 e. The zero-order valence-electron chi connectivity index (χ0n) is 16.0. The van der Waals surface area contributed by atoms with Crippen LogP contribution in [0, 0.1) is 13.8 Å². The van der Waals surface area contributed by atoms with E-state index in [2.05, 4.69) is 61.2 Å². The van der Waals surface area contributed by atoms with Crippen molar-refractivity contribution in [2.45, 2.75) is 63.8 Å². The highest BCUT2D eigenvalue weighted by atomic mass is 16.5. The number of nitrogens with zero attached hydrogens (tertiary/aromatic N) is 1. The molecule has 2 bridgehead atoms. The van der Waals surface area contributed by atoms with Crippen LogP contribution < -0.4 is 4.74 Å². The van der Waals surface area contributed by atoms with Gasteiger partial charge in [0.25, 0.3) is 0 Å². The molecule has 0 amide bonds. The van der Waals surface area contributed by atoms with E-state index in [4.69, 9.17) is 4.74 Å². The van der Waals surface area contributed by atoms with Gasteiger partial charge in [-0.05, 0) is 73.9 Å². The Kier molecular flexibility index (Phi) is 4.54. The summed E-state index contributed by atoms with van der Waals surface area (Å²) >= 11 is 0. The molecule has 2 atom stereocenters. The summed E-state index contributed by atoms with van der Waals surface area (Å²) in [5.41, 5.74) is 3.96. The number of rotatable bonds is 4. The molecule has 3 heteroatoms. The normalized spacial score (nSPS) is 28.3. The van der Waals surface area contributed by atoms with Crippen LogP contribution in [0.1, 0.15) is 47.9 Å². The van der Waals surface area contributed by atoms with Crippen LogP contribution in [-0.2, 0) is 12.1 Å². The van der Waals surface area contributed by atoms with Crippen LogP contribution in [0.4, 0.5) is 0 Å². The number of ether oxygens (including phenoxy) is 1. The van der Waals surface area contributed by atoms with Crippen molar-refractivity contribution in [2.24, 2.45) is 0 Å². The van der Waals surface area contributed by atoms with Crippen molar-refractivity contribution in [1.29, 1.82) is 0 Å². The molecular weight excluding hydrogens is 322 g/mol. The fourth-order valence-corrected chi connectivity index (χ4v) is 5.10. The minimum atomic E-state index is -0.722. The predicted molar refractivity (Wildman–Crippen MR) is 104 cm³/mol. The third-order valence-corrected chi connectivity index (χ3v) is 6.37. The first kappa shape index (κ1) is 17.6. The number of piperidine rings is 1. The van der Waals surface area contributed by atoms with Gasteiger partial charge in [-0.25, -0.2) is 0 Å². The van der Waals surface area contributed by atoms with E-state index in [1.165, 1.54) is 18.4 Å². The Hall–Kier alpha value is -1.84. The maximum absolute atomic E-state index is 11.6. The van der Waals surface area contributed by atoms with Gasteiger partial charge in [-0.2, -0.15) is 0 Å². The Labute approximate surface area is 156 Å². The van der Waals surface area contributed by atoms with Crippen LogP contribution >= 0.6 is 0 Å². The van der Waals surface area contributed by atoms with Crippen molar-refractivity contribution >= 4 is 0 Å². The Bertz CT molecular complexity index is 772. The maximum atomic E-state index is 11.6. The third kappa shape index (κ3) is 3.04. The average Bonchev–Trinajstić information content (AvgIpc) is 2.88. The van der Waals surface area contributed by atoms with E-state index in [0.717, 1.165) is 41.8 Å². The third-order valence-electron chi connectivity index (χ3n) is 6.37. The van der Waals surface area contributed by atoms with Gasteiger partial charge in [0, 0.05) is 18.6 Å². The van der Waals surface area contributed by atoms with Crippen molar-refractivity contribution in [2.75, 3.05) is 7.11 Å². The first-order valence-corrected chi connectivity index (χ1v) is 9.68. The van der Waals surface area contributed by atoms with Gasteiger partial charge in [-0.1, -0.05) is 30.3 Å². The molecule has 26 heavy (non-hydrogen) atoms. The van der Waals surface area contributed by atoms with E-state index >= 15 is 0 Å². The van der Waals surface area contributed by atoms with Gasteiger partial charge < -0.3 is 9.84 Å². The number of hydrogen-bond donors (Lipinski definition) is 1. The SMILES string of the molecule is COc1cc(C)c(C2(O)CC3CCC(C2)N3Cc2ccccc2)cc1C. The second-order valence-corrected chi connectivity index (χ2v) is 8.12. The van der Waals surface area contributed by atoms with Crippen LogP contribution in [-0.4, -0.2) is 29.2 Å². The molecule has 2 aliphatic heterocycles. The number of methoxy groups -OCH3 is 1. The molecule has 2 unspecified atom stereocenters. The van der Waals surface area contributed by atoms with Crippen molar-refractivity contribution in [1.82, 2.24) is 4.90 Å². The topological polar surface area (TPSA) is 32.7 Å². The second-order valence-electron chi connectivity index (χ2n) is 8.12. The highest BCUT2D eigenvalue weighted by molar-refractivity contribution is 5.44. The molecule has 0 radical (unpaired) electrons. The minimum absolute atomic E-state index is 0.459. The van der Waals surface area contributed by atoms with E-state index in [9.17, 15) is 5.11 Å². The Morgan fingerprint density at radius 3 is 2.31 bits per heavy atom. The van der Waals surface area contributed by atoms with Crippen LogP contribution in [0.15, 0.2) is 42.5 Å². The molecule has 2 aromatic rings. The lowest BCUT2D eigenvalue weighted by molar-refractivity contribution is -0.0599. The highest BCUT2D eigenvalue weighted by Gasteiger charge is 2.48. The molecule has 2 fully saturated rings. The van der Waals surface area contributed by atoms with E-state index in [1.807, 2.05) is 0 Å². The molecule has 0 spiro atoms. The van der Waals surface area contributed by atoms with E-state index in [-0.39, 0.29) is 0 Å². The summed E-state index contributed by atoms with van der Waals surface area (Å²) < 4.78 is 5.45. The number of benzene rings is 2. The van der Waals surface area contributed by atoms with Gasteiger partial charge in [0.2, 0.25) is 0 Å². The van der Waals surface area contributed by atoms with Crippen molar-refractivity contribution in [3.05, 3.63) is 64.7 Å². The lowest BCUT2D eigenvalue weighted by atomic mass is 9.78. The molecule has 2 saturated heterocycles. The van der Waals surface area contributed by atoms with E-state index in [0.29, 0.717) is 12.1 Å². The molecule has 2 aliphatic rings. The summed E-state index contributed by atoms with van der Waals surface area (Å²) in [6.45, 7) is 5.14. The molecule has 0 aromatic heterocycles. The summed E-state index contributed by atoms with van der Waals surface area (Å²) in [6.07, 6.45) is 4.02. The molecule has 0 aliphatic carbocycles. The summed E-state index contributed by atoms with van der Waals surface area (Å²) in [5, 5.41) is 11.6. The van der Waals surface area contributed by atoms with Crippen LogP contribution in [0.2, 0.25) is 0 Å². The van der Waals surface area contributed by atoms with Crippen LogP contribution in [0.25, 0.3) is 0 Å². The monoisotopic (exact) mass is 351 g/mol. The minimum Gasteiger partial charge on any atom is -0.496 e. The number of fused-ring (bicyclic) bond motifs is 2. The van der Waals surface area contributed by atoms with Gasteiger partial charge in [0.15, 0.2) is 0 Å². The lowest BCUT2D eigenvalue weighted by Crippen LogP contribution is -2.49. The van der Waals surface area contributed by atoms with Crippen LogP contribution in [0.5, 0.6) is 5.75 Å². The molecular formula is C23H29NO2. The van der Waals surface area contributed by atoms with Crippen molar-refractivity contribution in [3.63, 3.8) is 0 Å². The van der Waals surface area contributed by atoms with Crippen molar-refractivity contribution in [3.8, 4) is 5.75 Å². The lowest BCUT2D eigenvalue weighted by Gasteiger charge is -2.44. The Balaban J connectivity index is 1.59. The Morgan fingerprint density at radius 1 is 1.04 bits per heavy atom. The number of aryl methyl sites for hydroxylation is 2. The van der Waals surface area contributed by atoms with Gasteiger partial charge in [0.1, 0.15) is 5.75 Å². The first-order valence-electron chi connectivity index (χ1n) is 9.68. The van der Waals surface area contributed by atoms with Crippen molar-refractivity contribution < 1.29 is 9.84 Å². The van der Waals surface area contributed by atoms with E-state index < -0.39 is 5.60 Å². The predicted octanol–water partition coefficient (Wildman–Crippen LogP) is 4.33. The fraction of sp³-hybridized carbons (Fsp3) is 0.478. The molecule has 1 N–H and O–H groups in total. The standard InChI is InChI=1S/C23H29NO2/c1-16-12-22(26-3)17(2)11-21(16)23(25)13-19-9-10-20(14-23)24(19)15-18-7-5-4-6-8-18/h4-8,11-12,19-20,25H,9-10,13-15H2,1-3H3. The smallest absolute Gasteiger partial charge is 0.122 e. The van der Waals surface area contributed by atoms with Gasteiger partial charge in [-0.15, -0.1) is 0 Å². The largest absolute Gasteiger partial charge is 0.496 e. The summed E-state index contributed by atoms with van der Waals surface area (Å²) in [7, 11) is 1.71. The van der Waals surface area contributed by atoms with Crippen LogP contribution in [0.3, 0.4) is 0 Å². The fourth-order valence-electron chi connectivity index (χ4n) is 5.10. The van der Waals surface area contributed by atoms with Gasteiger partial charge in [-0.3, -0.25) is 4.90 Å². The molecule has 0 saturated carbocycles. The molecule has 4 rings (SSSR count). The zero-order valence-corrected chi connectivity index (χ0v) is 16.0. The summed E-state index contributed by atoms with van der Waals surface area (Å²) in [5.74, 6) is 0.902. The number of aliphatic hydroxyl groups is 1. The first-order chi connectivity index (χ1) is 12.5. The Morgan fingerprint density at radius 2 is 1.69 bits per heavy atom. The highest BCUT2D eigenvalue weighted by Crippen LogP contribution is 2.47. The van der Waals surface area contributed by atoms with E-state index in [1.54, 1.807) is 7.11 Å². The summed E-state index contributed by atoms with van der Waals surface area (Å²) in [4.78, 5) is 2.62. The molecule has 2 heterocycles. The average molecular weight is 351 g/mol. The number of hydrogen-bond acceptors (Lipinski definition) is 3. The van der Waals surface area contributed by atoms with Gasteiger partial charge >= 0.3 is 0 Å². The second kappa shape index (κ2) is 6.71. The molecule has 138 valence electrons. The van der Waals surface area contributed by atoms with Gasteiger partial charge in [0.05, 0.1) is 12.7 Å². The zero-order chi connectivity index (χ0) is 18.3.